The van der Waals surface area contributed by atoms with Gasteiger partial charge in [-0.3, -0.25) is 0 Å². The predicted molar refractivity (Wildman–Crippen MR) is 74.2 cm³/mol. The second-order valence-electron chi connectivity index (χ2n) is 2.72. The van der Waals surface area contributed by atoms with Crippen LogP contribution < -0.4 is 0 Å². The zero-order valence-corrected chi connectivity index (χ0v) is 11.9. The highest BCUT2D eigenvalue weighted by molar-refractivity contribution is 14.1. The molecule has 0 saturated carbocycles. The molecule has 5 heteroatoms. The van der Waals surface area contributed by atoms with Crippen LogP contribution in [0.15, 0.2) is 17.5 Å². The van der Waals surface area contributed by atoms with Crippen LogP contribution >= 0.6 is 56.5 Å². The summed E-state index contributed by atoms with van der Waals surface area (Å²) >= 11 is 6.05. The average Bonchev–Trinajstić information content (AvgIpc) is 2.48. The number of hydrogen-bond acceptors (Lipinski definition) is 2. The molecule has 0 spiro atoms. The summed E-state index contributed by atoms with van der Waals surface area (Å²) < 4.78 is 3.29. The maximum absolute atomic E-state index is 10.8. The number of carboxylic acids is 1. The van der Waals surface area contributed by atoms with Crippen LogP contribution in [-0.2, 0) is 0 Å². The van der Waals surface area contributed by atoms with Crippen molar-refractivity contribution in [2.45, 2.75) is 0 Å². The summed E-state index contributed by atoms with van der Waals surface area (Å²) in [7, 11) is 0. The summed E-state index contributed by atoms with van der Waals surface area (Å²) in [6.45, 7) is 0. The number of hydrogen-bond donors (Lipinski definition) is 1. The molecule has 14 heavy (non-hydrogen) atoms. The van der Waals surface area contributed by atoms with Crippen LogP contribution in [0.25, 0.3) is 10.1 Å². The lowest BCUT2D eigenvalue weighted by atomic mass is 10.2. The van der Waals surface area contributed by atoms with E-state index in [2.05, 4.69) is 45.2 Å². The van der Waals surface area contributed by atoms with Crippen molar-refractivity contribution < 1.29 is 9.90 Å². The normalized spacial score (nSPS) is 10.7. The number of halogens is 2. The van der Waals surface area contributed by atoms with E-state index in [1.807, 2.05) is 5.38 Å². The summed E-state index contributed by atoms with van der Waals surface area (Å²) in [6, 6.07) is 3.44. The zero-order chi connectivity index (χ0) is 10.3. The minimum Gasteiger partial charge on any atom is -0.478 e. The van der Waals surface area contributed by atoms with Crippen molar-refractivity contribution in [3.63, 3.8) is 0 Å². The van der Waals surface area contributed by atoms with E-state index in [-0.39, 0.29) is 0 Å². The number of benzene rings is 1. The molecule has 72 valence electrons. The van der Waals surface area contributed by atoms with Crippen LogP contribution in [-0.4, -0.2) is 11.1 Å². The van der Waals surface area contributed by atoms with Gasteiger partial charge in [-0.2, -0.15) is 0 Å². The van der Waals surface area contributed by atoms with Crippen molar-refractivity contribution in [2.75, 3.05) is 0 Å². The Hall–Kier alpha value is 0.110. The van der Waals surface area contributed by atoms with Gasteiger partial charge in [0.1, 0.15) is 0 Å². The second kappa shape index (κ2) is 3.93. The topological polar surface area (TPSA) is 37.3 Å². The van der Waals surface area contributed by atoms with Gasteiger partial charge in [0, 0.05) is 22.6 Å². The molecule has 0 radical (unpaired) electrons. The first-order valence-electron chi connectivity index (χ1n) is 3.69. The SMILES string of the molecule is O=C(O)c1cc(I)c2scc(I)c2c1. The fourth-order valence-electron chi connectivity index (χ4n) is 1.19. The minimum absolute atomic E-state index is 0.359. The number of thiophene rings is 1. The number of aromatic carboxylic acids is 1. The van der Waals surface area contributed by atoms with Crippen molar-refractivity contribution >= 4 is 72.6 Å². The molecular weight excluding hydrogens is 426 g/mol. The first-order chi connectivity index (χ1) is 6.59. The number of rotatable bonds is 1. The van der Waals surface area contributed by atoms with Gasteiger partial charge in [0.2, 0.25) is 0 Å². The molecule has 0 atom stereocenters. The van der Waals surface area contributed by atoms with E-state index in [0.29, 0.717) is 5.56 Å². The molecule has 0 aliphatic rings. The highest BCUT2D eigenvalue weighted by atomic mass is 127. The quantitative estimate of drug-likeness (QED) is 0.700. The first kappa shape index (κ1) is 10.6. The van der Waals surface area contributed by atoms with Gasteiger partial charge >= 0.3 is 5.97 Å². The van der Waals surface area contributed by atoms with Crippen molar-refractivity contribution in [2.24, 2.45) is 0 Å². The van der Waals surface area contributed by atoms with Gasteiger partial charge in [-0.25, -0.2) is 4.79 Å². The molecule has 2 rings (SSSR count). The molecule has 2 aromatic rings. The van der Waals surface area contributed by atoms with Crippen LogP contribution in [0.4, 0.5) is 0 Å². The van der Waals surface area contributed by atoms with Gasteiger partial charge in [0.15, 0.2) is 0 Å². The molecule has 1 aromatic carbocycles. The van der Waals surface area contributed by atoms with Crippen molar-refractivity contribution in [1.29, 1.82) is 0 Å². The Balaban J connectivity index is 2.82. The van der Waals surface area contributed by atoms with E-state index in [1.54, 1.807) is 23.5 Å². The Morgan fingerprint density at radius 3 is 2.64 bits per heavy atom. The van der Waals surface area contributed by atoms with Crippen LogP contribution in [0.2, 0.25) is 0 Å². The van der Waals surface area contributed by atoms with Gasteiger partial charge in [0.25, 0.3) is 0 Å². The Labute approximate surface area is 112 Å². The summed E-state index contributed by atoms with van der Waals surface area (Å²) in [5.41, 5.74) is 0.359. The lowest BCUT2D eigenvalue weighted by Crippen LogP contribution is -1.96. The monoisotopic (exact) mass is 430 g/mol. The van der Waals surface area contributed by atoms with Crippen molar-refractivity contribution in [3.05, 3.63) is 30.2 Å². The molecular formula is C9H4I2O2S. The molecule has 0 aliphatic heterocycles. The van der Waals surface area contributed by atoms with E-state index >= 15 is 0 Å². The maximum atomic E-state index is 10.8. The van der Waals surface area contributed by atoms with Gasteiger partial charge < -0.3 is 5.11 Å². The standard InChI is InChI=1S/C9H4I2O2S/c10-6-2-4(9(12)13)1-5-7(11)3-14-8(5)6/h1-3H,(H,12,13). The third-order valence-corrected chi connectivity index (χ3v) is 5.39. The maximum Gasteiger partial charge on any atom is 0.335 e. The van der Waals surface area contributed by atoms with Crippen molar-refractivity contribution in [3.8, 4) is 0 Å². The summed E-state index contributed by atoms with van der Waals surface area (Å²) in [6.07, 6.45) is 0. The second-order valence-corrected chi connectivity index (χ2v) is 5.93. The lowest BCUT2D eigenvalue weighted by Gasteiger charge is -1.98. The lowest BCUT2D eigenvalue weighted by molar-refractivity contribution is 0.0697. The van der Waals surface area contributed by atoms with Crippen LogP contribution in [0.1, 0.15) is 10.4 Å². The highest BCUT2D eigenvalue weighted by Gasteiger charge is 2.10. The largest absolute Gasteiger partial charge is 0.478 e. The summed E-state index contributed by atoms with van der Waals surface area (Å²) in [4.78, 5) is 10.8. The fraction of sp³-hybridized carbons (Fsp3) is 0. The summed E-state index contributed by atoms with van der Waals surface area (Å²) in [5, 5.41) is 12.0. The molecule has 1 heterocycles. The molecule has 1 N–H and O–H groups in total. The molecule has 1 aromatic heterocycles. The Morgan fingerprint density at radius 1 is 1.29 bits per heavy atom. The fourth-order valence-corrected chi connectivity index (χ4v) is 4.00. The van der Waals surface area contributed by atoms with Crippen LogP contribution in [0, 0.1) is 7.14 Å². The molecule has 0 amide bonds. The first-order valence-corrected chi connectivity index (χ1v) is 6.73. The van der Waals surface area contributed by atoms with Gasteiger partial charge in [-0.05, 0) is 57.3 Å². The zero-order valence-electron chi connectivity index (χ0n) is 6.75. The molecule has 0 aliphatic carbocycles. The molecule has 0 unspecified atom stereocenters. The van der Waals surface area contributed by atoms with Crippen molar-refractivity contribution in [1.82, 2.24) is 0 Å². The van der Waals surface area contributed by atoms with E-state index in [0.717, 1.165) is 12.5 Å². The molecule has 0 saturated heterocycles. The van der Waals surface area contributed by atoms with Gasteiger partial charge in [0.05, 0.1) is 5.56 Å². The molecule has 0 fully saturated rings. The Morgan fingerprint density at radius 2 is 2.00 bits per heavy atom. The van der Waals surface area contributed by atoms with Crippen LogP contribution in [0.3, 0.4) is 0 Å². The smallest absolute Gasteiger partial charge is 0.335 e. The van der Waals surface area contributed by atoms with E-state index in [9.17, 15) is 4.79 Å². The molecule has 2 nitrogen and oxygen atoms in total. The predicted octanol–water partition coefficient (Wildman–Crippen LogP) is 3.81. The number of carboxylic acid groups (broad SMARTS) is 1. The third-order valence-electron chi connectivity index (χ3n) is 1.83. The van der Waals surface area contributed by atoms with Crippen LogP contribution in [0.5, 0.6) is 0 Å². The Kier molecular flexibility index (Phi) is 2.98. The van der Waals surface area contributed by atoms with E-state index in [4.69, 9.17) is 5.11 Å². The Bertz CT molecular complexity index is 519. The van der Waals surface area contributed by atoms with Gasteiger partial charge in [-0.1, -0.05) is 0 Å². The number of fused-ring (bicyclic) bond motifs is 1. The van der Waals surface area contributed by atoms with E-state index < -0.39 is 5.97 Å². The van der Waals surface area contributed by atoms with Gasteiger partial charge in [-0.15, -0.1) is 11.3 Å². The third kappa shape index (κ3) is 1.76. The number of carbonyl (C=O) groups is 1. The summed E-state index contributed by atoms with van der Waals surface area (Å²) in [5.74, 6) is -0.869. The van der Waals surface area contributed by atoms with E-state index in [1.165, 1.54) is 4.70 Å². The minimum atomic E-state index is -0.869. The molecule has 0 bridgehead atoms. The highest BCUT2D eigenvalue weighted by Crippen LogP contribution is 2.32. The average molecular weight is 430 g/mol.